The zero-order chi connectivity index (χ0) is 10.7. The van der Waals surface area contributed by atoms with Crippen molar-refractivity contribution in [1.29, 1.82) is 0 Å². The van der Waals surface area contributed by atoms with Crippen molar-refractivity contribution in [3.05, 3.63) is 0 Å². The summed E-state index contributed by atoms with van der Waals surface area (Å²) in [6.07, 6.45) is 12.0. The summed E-state index contributed by atoms with van der Waals surface area (Å²) in [7, 11) is 0. The van der Waals surface area contributed by atoms with Crippen molar-refractivity contribution in [2.24, 2.45) is 23.7 Å². The van der Waals surface area contributed by atoms with Gasteiger partial charge in [0.1, 0.15) is 6.29 Å². The zero-order valence-electron chi connectivity index (χ0n) is 9.95. The van der Waals surface area contributed by atoms with Crippen LogP contribution in [0.4, 0.5) is 0 Å². The minimum Gasteiger partial charge on any atom is -0.303 e. The molecule has 0 N–H and O–H groups in total. The fraction of sp³-hybridized carbons (Fsp3) is 0.929. The Kier molecular flexibility index (Phi) is 3.82. The molecule has 2 saturated carbocycles. The summed E-state index contributed by atoms with van der Waals surface area (Å²) < 4.78 is 0. The normalized spacial score (nSPS) is 40.9. The van der Waals surface area contributed by atoms with Gasteiger partial charge in [0, 0.05) is 5.92 Å². The highest BCUT2D eigenvalue weighted by atomic mass is 16.1. The minimum absolute atomic E-state index is 0.397. The molecule has 0 amide bonds. The van der Waals surface area contributed by atoms with Crippen LogP contribution in [0.5, 0.6) is 0 Å². The van der Waals surface area contributed by atoms with E-state index in [0.29, 0.717) is 5.92 Å². The summed E-state index contributed by atoms with van der Waals surface area (Å²) in [6, 6.07) is 0. The van der Waals surface area contributed by atoms with Crippen molar-refractivity contribution in [2.75, 3.05) is 0 Å². The molecule has 1 nitrogen and oxygen atoms in total. The Balaban J connectivity index is 1.86. The molecular formula is C14H24O. The highest BCUT2D eigenvalue weighted by Gasteiger charge is 2.34. The Hall–Kier alpha value is -0.330. The lowest BCUT2D eigenvalue weighted by Crippen LogP contribution is -2.31. The predicted octanol–water partition coefficient (Wildman–Crippen LogP) is 3.82. The summed E-state index contributed by atoms with van der Waals surface area (Å²) in [5, 5.41) is 0. The third kappa shape index (κ3) is 2.62. The van der Waals surface area contributed by atoms with E-state index < -0.39 is 0 Å². The summed E-state index contributed by atoms with van der Waals surface area (Å²) in [5.41, 5.74) is 0. The number of carbonyl (C=O) groups excluding carboxylic acids is 1. The van der Waals surface area contributed by atoms with Crippen LogP contribution in [0.1, 0.15) is 58.3 Å². The summed E-state index contributed by atoms with van der Waals surface area (Å²) in [4.78, 5) is 10.8. The standard InChI is InChI=1S/C14H24O/c1-2-3-11-4-6-14-9-12(10-15)5-7-13(14)8-11/h10-14H,2-9H2,1H3/t11-,12+,13+,14?/m0/s1. The van der Waals surface area contributed by atoms with Gasteiger partial charge in [-0.15, -0.1) is 0 Å². The van der Waals surface area contributed by atoms with Gasteiger partial charge >= 0.3 is 0 Å². The van der Waals surface area contributed by atoms with Crippen molar-refractivity contribution in [3.63, 3.8) is 0 Å². The van der Waals surface area contributed by atoms with Gasteiger partial charge in [-0.1, -0.05) is 26.2 Å². The van der Waals surface area contributed by atoms with Gasteiger partial charge in [0.25, 0.3) is 0 Å². The summed E-state index contributed by atoms with van der Waals surface area (Å²) in [6.45, 7) is 2.30. The van der Waals surface area contributed by atoms with Crippen molar-refractivity contribution in [2.45, 2.75) is 58.3 Å². The molecule has 1 heteroatoms. The van der Waals surface area contributed by atoms with E-state index >= 15 is 0 Å². The third-order valence-electron chi connectivity index (χ3n) is 4.65. The van der Waals surface area contributed by atoms with E-state index in [-0.39, 0.29) is 0 Å². The Morgan fingerprint density at radius 3 is 2.53 bits per heavy atom. The Morgan fingerprint density at radius 2 is 1.80 bits per heavy atom. The number of fused-ring (bicyclic) bond motifs is 1. The van der Waals surface area contributed by atoms with Crippen LogP contribution in [0.25, 0.3) is 0 Å². The second kappa shape index (κ2) is 5.14. The number of carbonyl (C=O) groups is 1. The van der Waals surface area contributed by atoms with Crippen LogP contribution in [-0.2, 0) is 4.79 Å². The molecule has 2 fully saturated rings. The van der Waals surface area contributed by atoms with Crippen molar-refractivity contribution in [1.82, 2.24) is 0 Å². The van der Waals surface area contributed by atoms with E-state index in [1.165, 1.54) is 57.7 Å². The fourth-order valence-electron chi connectivity index (χ4n) is 3.82. The summed E-state index contributed by atoms with van der Waals surface area (Å²) in [5.74, 6) is 3.26. The molecule has 0 spiro atoms. The highest BCUT2D eigenvalue weighted by Crippen LogP contribution is 2.45. The fourth-order valence-corrected chi connectivity index (χ4v) is 3.82. The molecule has 0 heterocycles. The number of hydrogen-bond donors (Lipinski definition) is 0. The smallest absolute Gasteiger partial charge is 0.123 e. The Bertz CT molecular complexity index is 211. The van der Waals surface area contributed by atoms with Gasteiger partial charge in [0.15, 0.2) is 0 Å². The molecule has 0 saturated heterocycles. The zero-order valence-corrected chi connectivity index (χ0v) is 9.95. The quantitative estimate of drug-likeness (QED) is 0.644. The van der Waals surface area contributed by atoms with Crippen molar-refractivity contribution < 1.29 is 4.79 Å². The number of aldehydes is 1. The van der Waals surface area contributed by atoms with Crippen LogP contribution < -0.4 is 0 Å². The second-order valence-electron chi connectivity index (χ2n) is 5.70. The van der Waals surface area contributed by atoms with Crippen LogP contribution in [-0.4, -0.2) is 6.29 Å². The first kappa shape index (κ1) is 11.2. The van der Waals surface area contributed by atoms with Crippen LogP contribution >= 0.6 is 0 Å². The lowest BCUT2D eigenvalue weighted by Gasteiger charge is -2.41. The van der Waals surface area contributed by atoms with Crippen molar-refractivity contribution in [3.8, 4) is 0 Å². The number of hydrogen-bond acceptors (Lipinski definition) is 1. The molecule has 0 aromatic rings. The first-order valence-electron chi connectivity index (χ1n) is 6.78. The first-order valence-corrected chi connectivity index (χ1v) is 6.78. The highest BCUT2D eigenvalue weighted by molar-refractivity contribution is 5.53. The van der Waals surface area contributed by atoms with Crippen LogP contribution in [0, 0.1) is 23.7 Å². The molecule has 86 valence electrons. The van der Waals surface area contributed by atoms with Gasteiger partial charge in [0.2, 0.25) is 0 Å². The number of rotatable bonds is 3. The lowest BCUT2D eigenvalue weighted by molar-refractivity contribution is -0.113. The van der Waals surface area contributed by atoms with E-state index in [2.05, 4.69) is 6.92 Å². The molecule has 2 rings (SSSR count). The van der Waals surface area contributed by atoms with E-state index in [9.17, 15) is 4.79 Å². The summed E-state index contributed by atoms with van der Waals surface area (Å²) >= 11 is 0. The Morgan fingerprint density at radius 1 is 1.07 bits per heavy atom. The first-order chi connectivity index (χ1) is 7.33. The average Bonchev–Trinajstić information content (AvgIpc) is 2.29. The van der Waals surface area contributed by atoms with E-state index in [1.807, 2.05) is 0 Å². The van der Waals surface area contributed by atoms with Gasteiger partial charge in [-0.3, -0.25) is 0 Å². The molecule has 0 radical (unpaired) electrons. The molecule has 15 heavy (non-hydrogen) atoms. The lowest BCUT2D eigenvalue weighted by atomic mass is 9.64. The largest absolute Gasteiger partial charge is 0.303 e. The van der Waals surface area contributed by atoms with Gasteiger partial charge in [-0.2, -0.15) is 0 Å². The van der Waals surface area contributed by atoms with Gasteiger partial charge < -0.3 is 4.79 Å². The third-order valence-corrected chi connectivity index (χ3v) is 4.65. The van der Waals surface area contributed by atoms with Crippen LogP contribution in [0.2, 0.25) is 0 Å². The predicted molar refractivity (Wildman–Crippen MR) is 62.6 cm³/mol. The maximum atomic E-state index is 10.8. The Labute approximate surface area is 93.6 Å². The average molecular weight is 208 g/mol. The molecule has 4 atom stereocenters. The van der Waals surface area contributed by atoms with E-state index in [1.54, 1.807) is 0 Å². The van der Waals surface area contributed by atoms with E-state index in [4.69, 9.17) is 0 Å². The minimum atomic E-state index is 0.397. The molecule has 0 aliphatic heterocycles. The van der Waals surface area contributed by atoms with Crippen LogP contribution in [0.3, 0.4) is 0 Å². The maximum Gasteiger partial charge on any atom is 0.123 e. The van der Waals surface area contributed by atoms with Gasteiger partial charge in [0.05, 0.1) is 0 Å². The van der Waals surface area contributed by atoms with Gasteiger partial charge in [-0.05, 0) is 49.9 Å². The second-order valence-corrected chi connectivity index (χ2v) is 5.70. The molecular weight excluding hydrogens is 184 g/mol. The maximum absolute atomic E-state index is 10.8. The molecule has 0 aromatic carbocycles. The molecule has 0 aromatic heterocycles. The van der Waals surface area contributed by atoms with Gasteiger partial charge in [-0.25, -0.2) is 0 Å². The van der Waals surface area contributed by atoms with E-state index in [0.717, 1.165) is 17.8 Å². The van der Waals surface area contributed by atoms with Crippen molar-refractivity contribution >= 4 is 6.29 Å². The monoisotopic (exact) mass is 208 g/mol. The molecule has 2 aliphatic carbocycles. The molecule has 0 bridgehead atoms. The molecule has 2 aliphatic rings. The topological polar surface area (TPSA) is 17.1 Å². The van der Waals surface area contributed by atoms with Crippen LogP contribution in [0.15, 0.2) is 0 Å². The molecule has 1 unspecified atom stereocenters. The SMILES string of the molecule is CCC[C@H]1CCC2C[C@H](C=O)CC[C@@H]2C1.